The molecule has 0 radical (unpaired) electrons. The van der Waals surface area contributed by atoms with Gasteiger partial charge >= 0.3 is 0 Å². The van der Waals surface area contributed by atoms with E-state index in [0.717, 1.165) is 51.7 Å². The van der Waals surface area contributed by atoms with Gasteiger partial charge in [-0.25, -0.2) is 4.39 Å². The summed E-state index contributed by atoms with van der Waals surface area (Å²) >= 11 is 0. The van der Waals surface area contributed by atoms with Gasteiger partial charge in [0.2, 0.25) is 0 Å². The SMILES string of the molecule is O=C(c1ccc(F)cc1)N1CCN(CC2CCNCC2)CC1. The van der Waals surface area contributed by atoms with Crippen molar-refractivity contribution in [3.63, 3.8) is 0 Å². The largest absolute Gasteiger partial charge is 0.336 e. The number of hydrogen-bond donors (Lipinski definition) is 1. The first kappa shape index (κ1) is 15.4. The average Bonchev–Trinajstić information content (AvgIpc) is 2.57. The quantitative estimate of drug-likeness (QED) is 0.921. The number of amides is 1. The van der Waals surface area contributed by atoms with E-state index >= 15 is 0 Å². The summed E-state index contributed by atoms with van der Waals surface area (Å²) in [6, 6.07) is 5.83. The smallest absolute Gasteiger partial charge is 0.253 e. The van der Waals surface area contributed by atoms with Crippen LogP contribution >= 0.6 is 0 Å². The van der Waals surface area contributed by atoms with Crippen LogP contribution in [-0.4, -0.2) is 61.5 Å². The van der Waals surface area contributed by atoms with E-state index in [1.165, 1.54) is 25.0 Å². The van der Waals surface area contributed by atoms with E-state index in [1.807, 2.05) is 4.90 Å². The Morgan fingerprint density at radius 3 is 2.36 bits per heavy atom. The Kier molecular flexibility index (Phi) is 5.05. The van der Waals surface area contributed by atoms with Crippen LogP contribution in [0.2, 0.25) is 0 Å². The maximum atomic E-state index is 12.9. The summed E-state index contributed by atoms with van der Waals surface area (Å²) in [6.07, 6.45) is 2.52. The Morgan fingerprint density at radius 2 is 1.73 bits per heavy atom. The summed E-state index contributed by atoms with van der Waals surface area (Å²) in [5.74, 6) is 0.505. The average molecular weight is 305 g/mol. The highest BCUT2D eigenvalue weighted by molar-refractivity contribution is 5.94. The third-order valence-electron chi connectivity index (χ3n) is 4.73. The fraction of sp³-hybridized carbons (Fsp3) is 0.588. The van der Waals surface area contributed by atoms with Gasteiger partial charge in [0.1, 0.15) is 5.82 Å². The number of piperazine rings is 1. The van der Waals surface area contributed by atoms with Gasteiger partial charge in [-0.15, -0.1) is 0 Å². The molecule has 1 N–H and O–H groups in total. The molecule has 0 bridgehead atoms. The zero-order chi connectivity index (χ0) is 15.4. The van der Waals surface area contributed by atoms with Crippen molar-refractivity contribution in [2.75, 3.05) is 45.8 Å². The molecule has 2 heterocycles. The van der Waals surface area contributed by atoms with E-state index in [-0.39, 0.29) is 11.7 Å². The van der Waals surface area contributed by atoms with Gasteiger partial charge in [-0.05, 0) is 56.1 Å². The van der Waals surface area contributed by atoms with Gasteiger partial charge in [-0.3, -0.25) is 9.69 Å². The monoisotopic (exact) mass is 305 g/mol. The Bertz CT molecular complexity index is 491. The van der Waals surface area contributed by atoms with E-state index in [2.05, 4.69) is 10.2 Å². The lowest BCUT2D eigenvalue weighted by atomic mass is 9.97. The fourth-order valence-electron chi connectivity index (χ4n) is 3.34. The normalized spacial score (nSPS) is 21.0. The van der Waals surface area contributed by atoms with Crippen LogP contribution in [0.4, 0.5) is 4.39 Å². The summed E-state index contributed by atoms with van der Waals surface area (Å²) in [4.78, 5) is 16.7. The van der Waals surface area contributed by atoms with E-state index in [4.69, 9.17) is 0 Å². The number of halogens is 1. The predicted molar refractivity (Wildman–Crippen MR) is 84.3 cm³/mol. The summed E-state index contributed by atoms with van der Waals surface area (Å²) in [5, 5.41) is 3.40. The van der Waals surface area contributed by atoms with Gasteiger partial charge in [0.25, 0.3) is 5.91 Å². The molecule has 2 saturated heterocycles. The minimum Gasteiger partial charge on any atom is -0.336 e. The topological polar surface area (TPSA) is 35.6 Å². The van der Waals surface area contributed by atoms with Gasteiger partial charge in [-0.1, -0.05) is 0 Å². The molecule has 2 aliphatic rings. The lowest BCUT2D eigenvalue weighted by Crippen LogP contribution is -2.50. The van der Waals surface area contributed by atoms with Gasteiger partial charge in [0, 0.05) is 38.3 Å². The lowest BCUT2D eigenvalue weighted by Gasteiger charge is -2.37. The Balaban J connectivity index is 1.48. The zero-order valence-electron chi connectivity index (χ0n) is 12.9. The molecule has 120 valence electrons. The van der Waals surface area contributed by atoms with Crippen molar-refractivity contribution >= 4 is 5.91 Å². The summed E-state index contributed by atoms with van der Waals surface area (Å²) in [7, 11) is 0. The molecular formula is C17H24FN3O. The van der Waals surface area contributed by atoms with Crippen molar-refractivity contribution in [1.82, 2.24) is 15.1 Å². The maximum absolute atomic E-state index is 12.9. The first-order valence-electron chi connectivity index (χ1n) is 8.20. The van der Waals surface area contributed by atoms with Gasteiger partial charge in [0.15, 0.2) is 0 Å². The molecule has 0 spiro atoms. The van der Waals surface area contributed by atoms with Crippen LogP contribution in [0.1, 0.15) is 23.2 Å². The lowest BCUT2D eigenvalue weighted by molar-refractivity contribution is 0.0608. The van der Waals surface area contributed by atoms with Crippen molar-refractivity contribution in [2.45, 2.75) is 12.8 Å². The molecule has 0 aliphatic carbocycles. The van der Waals surface area contributed by atoms with E-state index in [0.29, 0.717) is 5.56 Å². The second-order valence-electron chi connectivity index (χ2n) is 6.29. The Morgan fingerprint density at radius 1 is 1.09 bits per heavy atom. The highest BCUT2D eigenvalue weighted by Crippen LogP contribution is 2.16. The number of piperidine rings is 1. The molecule has 1 aromatic rings. The number of nitrogens with zero attached hydrogens (tertiary/aromatic N) is 2. The molecule has 0 saturated carbocycles. The third kappa shape index (κ3) is 3.84. The standard InChI is InChI=1S/C17H24FN3O/c18-16-3-1-15(2-4-16)17(22)21-11-9-20(10-12-21)13-14-5-7-19-8-6-14/h1-4,14,19H,5-13H2. The fourth-order valence-corrected chi connectivity index (χ4v) is 3.34. The van der Waals surface area contributed by atoms with Gasteiger partial charge in [-0.2, -0.15) is 0 Å². The Labute approximate surface area is 131 Å². The zero-order valence-corrected chi connectivity index (χ0v) is 12.9. The predicted octanol–water partition coefficient (Wildman–Crippen LogP) is 1.58. The van der Waals surface area contributed by atoms with Crippen LogP contribution in [-0.2, 0) is 0 Å². The third-order valence-corrected chi connectivity index (χ3v) is 4.73. The van der Waals surface area contributed by atoms with Crippen LogP contribution in [0, 0.1) is 11.7 Å². The molecule has 0 aromatic heterocycles. The molecule has 3 rings (SSSR count). The van der Waals surface area contributed by atoms with Crippen LogP contribution in [0.3, 0.4) is 0 Å². The molecule has 1 aromatic carbocycles. The second kappa shape index (κ2) is 7.20. The number of benzene rings is 1. The van der Waals surface area contributed by atoms with Crippen LogP contribution < -0.4 is 5.32 Å². The van der Waals surface area contributed by atoms with Crippen molar-refractivity contribution in [1.29, 1.82) is 0 Å². The summed E-state index contributed by atoms with van der Waals surface area (Å²) in [5.41, 5.74) is 0.577. The molecular weight excluding hydrogens is 281 g/mol. The molecule has 22 heavy (non-hydrogen) atoms. The van der Waals surface area contributed by atoms with Crippen molar-refractivity contribution in [3.05, 3.63) is 35.6 Å². The van der Waals surface area contributed by atoms with Crippen molar-refractivity contribution in [2.24, 2.45) is 5.92 Å². The molecule has 0 unspecified atom stereocenters. The molecule has 1 amide bonds. The van der Waals surface area contributed by atoms with Crippen molar-refractivity contribution < 1.29 is 9.18 Å². The highest BCUT2D eigenvalue weighted by atomic mass is 19.1. The second-order valence-corrected chi connectivity index (χ2v) is 6.29. The van der Waals surface area contributed by atoms with Crippen LogP contribution in [0.15, 0.2) is 24.3 Å². The van der Waals surface area contributed by atoms with Gasteiger partial charge in [0.05, 0.1) is 0 Å². The first-order chi connectivity index (χ1) is 10.7. The number of carbonyl (C=O) groups excluding carboxylic acids is 1. The van der Waals surface area contributed by atoms with E-state index in [9.17, 15) is 9.18 Å². The molecule has 0 atom stereocenters. The number of carbonyl (C=O) groups is 1. The molecule has 5 heteroatoms. The van der Waals surface area contributed by atoms with Gasteiger partial charge < -0.3 is 10.2 Å². The van der Waals surface area contributed by atoms with Crippen LogP contribution in [0.5, 0.6) is 0 Å². The number of hydrogen-bond acceptors (Lipinski definition) is 3. The molecule has 2 fully saturated rings. The summed E-state index contributed by atoms with van der Waals surface area (Å²) in [6.45, 7) is 6.83. The van der Waals surface area contributed by atoms with E-state index < -0.39 is 0 Å². The first-order valence-corrected chi connectivity index (χ1v) is 8.20. The minimum atomic E-state index is -0.302. The molecule has 4 nitrogen and oxygen atoms in total. The molecule has 2 aliphatic heterocycles. The Hall–Kier alpha value is -1.46. The van der Waals surface area contributed by atoms with Crippen LogP contribution in [0.25, 0.3) is 0 Å². The summed E-state index contributed by atoms with van der Waals surface area (Å²) < 4.78 is 12.9. The number of nitrogens with one attached hydrogen (secondary N) is 1. The van der Waals surface area contributed by atoms with Crippen molar-refractivity contribution in [3.8, 4) is 0 Å². The van der Waals surface area contributed by atoms with E-state index in [1.54, 1.807) is 12.1 Å². The minimum absolute atomic E-state index is 0.0153. The highest BCUT2D eigenvalue weighted by Gasteiger charge is 2.24. The maximum Gasteiger partial charge on any atom is 0.253 e. The number of rotatable bonds is 3.